The summed E-state index contributed by atoms with van der Waals surface area (Å²) >= 11 is 0. The van der Waals surface area contributed by atoms with Gasteiger partial charge in [0, 0.05) is 18.2 Å². The Morgan fingerprint density at radius 2 is 1.71 bits per heavy atom. The third kappa shape index (κ3) is 6.07. The van der Waals surface area contributed by atoms with E-state index >= 15 is 0 Å². The van der Waals surface area contributed by atoms with E-state index in [1.807, 2.05) is 12.1 Å². The number of nitrogens with zero attached hydrogens (tertiary/aromatic N) is 1. The molecule has 0 aliphatic carbocycles. The Hall–Kier alpha value is -4.12. The molecular weight excluding hydrogens is 474 g/mol. The number of nitro groups is 1. The van der Waals surface area contributed by atoms with E-state index in [4.69, 9.17) is 9.47 Å². The highest BCUT2D eigenvalue weighted by Gasteiger charge is 2.22. The van der Waals surface area contributed by atoms with Crippen LogP contribution < -0.4 is 19.5 Å². The van der Waals surface area contributed by atoms with Crippen molar-refractivity contribution < 1.29 is 27.6 Å². The van der Waals surface area contributed by atoms with E-state index in [0.29, 0.717) is 30.0 Å². The standard InChI is InChI=1S/C24H25N3O7S/c1-16-8-10-18(15-21(16)27(29)30)35(31,32)26-20-7-5-4-6-19(20)24(28)25-13-12-17-9-11-22(33-2)23(14-17)34-3/h4-11,14-15,26H,12-13H2,1-3H3,(H,25,28). The molecule has 3 aromatic rings. The molecule has 10 nitrogen and oxygen atoms in total. The number of ether oxygens (including phenoxy) is 2. The van der Waals surface area contributed by atoms with Crippen LogP contribution in [0.1, 0.15) is 21.5 Å². The van der Waals surface area contributed by atoms with Gasteiger partial charge in [0.05, 0.1) is 35.3 Å². The third-order valence-electron chi connectivity index (χ3n) is 5.25. The molecule has 0 saturated heterocycles. The molecule has 0 aliphatic rings. The molecule has 3 rings (SSSR count). The number of nitro benzene ring substituents is 1. The Labute approximate surface area is 203 Å². The highest BCUT2D eigenvalue weighted by Crippen LogP contribution is 2.28. The van der Waals surface area contributed by atoms with Crippen molar-refractivity contribution in [2.24, 2.45) is 0 Å². The van der Waals surface area contributed by atoms with Crippen molar-refractivity contribution in [2.45, 2.75) is 18.2 Å². The molecule has 0 heterocycles. The summed E-state index contributed by atoms with van der Waals surface area (Å²) in [5.41, 5.74) is 1.11. The number of para-hydroxylation sites is 1. The first-order valence-corrected chi connectivity index (χ1v) is 12.0. The first-order chi connectivity index (χ1) is 16.7. The van der Waals surface area contributed by atoms with Crippen LogP contribution in [0.3, 0.4) is 0 Å². The molecule has 0 spiro atoms. The number of carbonyl (C=O) groups excluding carboxylic acids is 1. The lowest BCUT2D eigenvalue weighted by Gasteiger charge is -2.13. The lowest BCUT2D eigenvalue weighted by molar-refractivity contribution is -0.385. The molecule has 0 atom stereocenters. The van der Waals surface area contributed by atoms with Crippen LogP contribution in [-0.2, 0) is 16.4 Å². The molecule has 0 bridgehead atoms. The van der Waals surface area contributed by atoms with E-state index in [-0.39, 0.29) is 21.8 Å². The van der Waals surface area contributed by atoms with E-state index in [2.05, 4.69) is 10.0 Å². The predicted molar refractivity (Wildman–Crippen MR) is 131 cm³/mol. The third-order valence-corrected chi connectivity index (χ3v) is 6.61. The van der Waals surface area contributed by atoms with Gasteiger partial charge < -0.3 is 14.8 Å². The van der Waals surface area contributed by atoms with Crippen molar-refractivity contribution >= 4 is 27.3 Å². The fourth-order valence-corrected chi connectivity index (χ4v) is 4.48. The van der Waals surface area contributed by atoms with E-state index in [9.17, 15) is 23.3 Å². The number of methoxy groups -OCH3 is 2. The maximum atomic E-state index is 12.9. The molecule has 11 heteroatoms. The fraction of sp³-hybridized carbons (Fsp3) is 0.208. The topological polar surface area (TPSA) is 137 Å². The summed E-state index contributed by atoms with van der Waals surface area (Å²) in [7, 11) is -1.10. The number of benzene rings is 3. The van der Waals surface area contributed by atoms with Gasteiger partial charge in [0.1, 0.15) is 0 Å². The van der Waals surface area contributed by atoms with Crippen LogP contribution in [0, 0.1) is 17.0 Å². The SMILES string of the molecule is COc1ccc(CCNC(=O)c2ccccc2NS(=O)(=O)c2ccc(C)c([N+](=O)[O-])c2)cc1OC. The molecule has 0 fully saturated rings. The molecule has 1 amide bonds. The van der Waals surface area contributed by atoms with Gasteiger partial charge in [-0.3, -0.25) is 19.6 Å². The van der Waals surface area contributed by atoms with Crippen molar-refractivity contribution in [3.05, 3.63) is 87.5 Å². The molecule has 0 unspecified atom stereocenters. The molecule has 0 radical (unpaired) electrons. The second-order valence-corrected chi connectivity index (χ2v) is 9.23. The first-order valence-electron chi connectivity index (χ1n) is 10.5. The van der Waals surface area contributed by atoms with E-state index in [0.717, 1.165) is 11.6 Å². The highest BCUT2D eigenvalue weighted by atomic mass is 32.2. The zero-order valence-electron chi connectivity index (χ0n) is 19.4. The fourth-order valence-electron chi connectivity index (χ4n) is 3.38. The van der Waals surface area contributed by atoms with Crippen LogP contribution in [0.25, 0.3) is 0 Å². The summed E-state index contributed by atoms with van der Waals surface area (Å²) in [6.07, 6.45) is 0.507. The zero-order valence-corrected chi connectivity index (χ0v) is 20.2. The number of carbonyl (C=O) groups is 1. The lowest BCUT2D eigenvalue weighted by Crippen LogP contribution is -2.27. The Morgan fingerprint density at radius 3 is 2.40 bits per heavy atom. The van der Waals surface area contributed by atoms with Gasteiger partial charge in [0.2, 0.25) is 0 Å². The lowest BCUT2D eigenvalue weighted by atomic mass is 10.1. The van der Waals surface area contributed by atoms with E-state index in [1.165, 1.54) is 38.3 Å². The number of aryl methyl sites for hydroxylation is 1. The van der Waals surface area contributed by atoms with Crippen LogP contribution >= 0.6 is 0 Å². The Balaban J connectivity index is 1.74. The number of nitrogens with one attached hydrogen (secondary N) is 2. The Kier molecular flexibility index (Phi) is 7.92. The molecule has 0 saturated carbocycles. The molecule has 2 N–H and O–H groups in total. The second kappa shape index (κ2) is 10.9. The quantitative estimate of drug-likeness (QED) is 0.321. The summed E-state index contributed by atoms with van der Waals surface area (Å²) in [6, 6.07) is 15.2. The average molecular weight is 500 g/mol. The van der Waals surface area contributed by atoms with Crippen LogP contribution in [0.2, 0.25) is 0 Å². The molecule has 0 aliphatic heterocycles. The molecule has 184 valence electrons. The van der Waals surface area contributed by atoms with Gasteiger partial charge in [-0.05, 0) is 49.2 Å². The number of sulfonamides is 1. The normalized spacial score (nSPS) is 10.9. The first kappa shape index (κ1) is 25.5. The second-order valence-electron chi connectivity index (χ2n) is 7.55. The summed E-state index contributed by atoms with van der Waals surface area (Å²) in [6.45, 7) is 1.81. The van der Waals surface area contributed by atoms with Gasteiger partial charge in [0.15, 0.2) is 11.5 Å². The minimum absolute atomic E-state index is 0.0549. The van der Waals surface area contributed by atoms with Crippen molar-refractivity contribution in [1.82, 2.24) is 5.32 Å². The van der Waals surface area contributed by atoms with Gasteiger partial charge in [0.25, 0.3) is 21.6 Å². The van der Waals surface area contributed by atoms with Crippen LogP contribution in [0.15, 0.2) is 65.6 Å². The monoisotopic (exact) mass is 499 g/mol. The number of hydrogen-bond acceptors (Lipinski definition) is 7. The average Bonchev–Trinajstić information content (AvgIpc) is 2.83. The number of amides is 1. The largest absolute Gasteiger partial charge is 0.493 e. The summed E-state index contributed by atoms with van der Waals surface area (Å²) in [5.74, 6) is 0.700. The highest BCUT2D eigenvalue weighted by molar-refractivity contribution is 7.92. The van der Waals surface area contributed by atoms with Gasteiger partial charge >= 0.3 is 0 Å². The molecule has 0 aromatic heterocycles. The number of hydrogen-bond donors (Lipinski definition) is 2. The van der Waals surface area contributed by atoms with Gasteiger partial charge in [-0.2, -0.15) is 0 Å². The summed E-state index contributed by atoms with van der Waals surface area (Å²) in [4.78, 5) is 23.1. The molecular formula is C24H25N3O7S. The number of rotatable bonds is 10. The number of anilines is 1. The van der Waals surface area contributed by atoms with E-state index < -0.39 is 20.9 Å². The maximum Gasteiger partial charge on any atom is 0.273 e. The van der Waals surface area contributed by atoms with Gasteiger partial charge in [-0.25, -0.2) is 8.42 Å². The minimum Gasteiger partial charge on any atom is -0.493 e. The Bertz CT molecular complexity index is 1360. The van der Waals surface area contributed by atoms with Crippen LogP contribution in [0.5, 0.6) is 11.5 Å². The van der Waals surface area contributed by atoms with E-state index in [1.54, 1.807) is 25.3 Å². The summed E-state index contributed by atoms with van der Waals surface area (Å²) in [5, 5.41) is 14.0. The van der Waals surface area contributed by atoms with Crippen LogP contribution in [0.4, 0.5) is 11.4 Å². The Morgan fingerprint density at radius 1 is 1.00 bits per heavy atom. The van der Waals surface area contributed by atoms with Gasteiger partial charge in [-0.1, -0.05) is 24.3 Å². The zero-order chi connectivity index (χ0) is 25.6. The molecule has 35 heavy (non-hydrogen) atoms. The summed E-state index contributed by atoms with van der Waals surface area (Å²) < 4.78 is 38.6. The smallest absolute Gasteiger partial charge is 0.273 e. The van der Waals surface area contributed by atoms with Crippen molar-refractivity contribution in [1.29, 1.82) is 0 Å². The van der Waals surface area contributed by atoms with Crippen molar-refractivity contribution in [3.8, 4) is 11.5 Å². The molecule has 3 aromatic carbocycles. The maximum absolute atomic E-state index is 12.9. The van der Waals surface area contributed by atoms with Crippen LogP contribution in [-0.4, -0.2) is 40.0 Å². The van der Waals surface area contributed by atoms with Crippen molar-refractivity contribution in [2.75, 3.05) is 25.5 Å². The van der Waals surface area contributed by atoms with Crippen molar-refractivity contribution in [3.63, 3.8) is 0 Å². The predicted octanol–water partition coefficient (Wildman–Crippen LogP) is 3.69. The van der Waals surface area contributed by atoms with Gasteiger partial charge in [-0.15, -0.1) is 0 Å². The minimum atomic E-state index is -4.18.